The number of cyclic esters (lactones) is 1. The van der Waals surface area contributed by atoms with Gasteiger partial charge in [-0.15, -0.1) is 0 Å². The second kappa shape index (κ2) is 6.24. The van der Waals surface area contributed by atoms with Crippen LogP contribution < -0.4 is 10.1 Å². The van der Waals surface area contributed by atoms with Crippen molar-refractivity contribution in [2.75, 3.05) is 19.7 Å². The van der Waals surface area contributed by atoms with Gasteiger partial charge in [0.1, 0.15) is 18.1 Å². The van der Waals surface area contributed by atoms with Gasteiger partial charge < -0.3 is 19.7 Å². The molecule has 0 radical (unpaired) electrons. The second-order valence-corrected chi connectivity index (χ2v) is 9.31. The van der Waals surface area contributed by atoms with Crippen molar-refractivity contribution in [2.45, 2.75) is 30.2 Å². The van der Waals surface area contributed by atoms with Crippen molar-refractivity contribution in [3.63, 3.8) is 0 Å². The molecule has 4 aliphatic rings. The van der Waals surface area contributed by atoms with Crippen LogP contribution >= 0.6 is 0 Å². The van der Waals surface area contributed by atoms with Crippen LogP contribution in [0.2, 0.25) is 0 Å². The topological polar surface area (TPSA) is 67.9 Å². The normalized spacial score (nSPS) is 33.5. The molecule has 2 unspecified atom stereocenters. The molecule has 2 saturated heterocycles. The highest BCUT2D eigenvalue weighted by Crippen LogP contribution is 2.60. The van der Waals surface area contributed by atoms with Crippen LogP contribution in [0.5, 0.6) is 11.5 Å². The minimum Gasteiger partial charge on any atom is -0.457 e. The molecule has 2 saturated carbocycles. The van der Waals surface area contributed by atoms with Crippen LogP contribution in [-0.2, 0) is 14.9 Å². The van der Waals surface area contributed by atoms with Crippen LogP contribution in [0.15, 0.2) is 54.6 Å². The summed E-state index contributed by atoms with van der Waals surface area (Å²) in [5.41, 5.74) is 1.02. The van der Waals surface area contributed by atoms with Gasteiger partial charge >= 0.3 is 6.09 Å². The fraction of sp³-hybridized carbons (Fsp3) is 0.417. The molecule has 0 aromatic heterocycles. The van der Waals surface area contributed by atoms with E-state index in [0.717, 1.165) is 31.0 Å². The summed E-state index contributed by atoms with van der Waals surface area (Å²) < 4.78 is 11.0. The molecule has 6 heteroatoms. The minimum atomic E-state index is -0.361. The molecular weight excluding hydrogens is 380 g/mol. The van der Waals surface area contributed by atoms with E-state index in [2.05, 4.69) is 17.4 Å². The molecule has 4 fully saturated rings. The van der Waals surface area contributed by atoms with Crippen molar-refractivity contribution in [3.8, 4) is 11.5 Å². The lowest BCUT2D eigenvalue weighted by Crippen LogP contribution is -2.58. The Kier molecular flexibility index (Phi) is 3.70. The number of amides is 2. The number of alkyl carbamates (subject to hydrolysis) is 1. The van der Waals surface area contributed by atoms with E-state index < -0.39 is 0 Å². The van der Waals surface area contributed by atoms with Gasteiger partial charge in [-0.05, 0) is 55.0 Å². The number of nitrogens with zero attached hydrogens (tertiary/aromatic N) is 1. The number of carbonyl (C=O) groups is 2. The number of carbonyl (C=O) groups excluding carboxylic acids is 2. The van der Waals surface area contributed by atoms with Crippen LogP contribution in [0.25, 0.3) is 0 Å². The maximum Gasteiger partial charge on any atom is 0.407 e. The van der Waals surface area contributed by atoms with Crippen LogP contribution in [0.3, 0.4) is 0 Å². The molecular formula is C24H24N2O4. The minimum absolute atomic E-state index is 0.00528. The maximum absolute atomic E-state index is 13.0. The maximum atomic E-state index is 13.0. The first kappa shape index (κ1) is 17.8. The highest BCUT2D eigenvalue weighted by Gasteiger charge is 2.63. The Balaban J connectivity index is 1.13. The number of fused-ring (bicyclic) bond motifs is 1. The highest BCUT2D eigenvalue weighted by atomic mass is 16.6. The highest BCUT2D eigenvalue weighted by molar-refractivity contribution is 5.82. The van der Waals surface area contributed by atoms with Gasteiger partial charge in [-0.25, -0.2) is 4.79 Å². The molecule has 1 N–H and O–H groups in total. The Hall–Kier alpha value is -3.02. The Bertz CT molecular complexity index is 1020. The molecule has 1 spiro atoms. The van der Waals surface area contributed by atoms with Crippen LogP contribution in [0.1, 0.15) is 24.8 Å². The van der Waals surface area contributed by atoms with Crippen molar-refractivity contribution in [1.82, 2.24) is 10.2 Å². The lowest BCUT2D eigenvalue weighted by atomic mass is 9.68. The van der Waals surface area contributed by atoms with Gasteiger partial charge in [-0.3, -0.25) is 4.79 Å². The third-order valence-electron chi connectivity index (χ3n) is 7.32. The smallest absolute Gasteiger partial charge is 0.407 e. The first-order valence-corrected chi connectivity index (χ1v) is 10.6. The van der Waals surface area contributed by atoms with E-state index in [1.165, 1.54) is 5.56 Å². The van der Waals surface area contributed by atoms with E-state index in [0.29, 0.717) is 25.4 Å². The number of nitrogens with one attached hydrogen (secondary N) is 1. The van der Waals surface area contributed by atoms with Gasteiger partial charge in [0.25, 0.3) is 0 Å². The lowest BCUT2D eigenvalue weighted by molar-refractivity contribution is -0.140. The standard InChI is InChI=1S/C24H24N2O4/c27-21(16-10-23(11-16)15-29-22(28)25-23)26-13-18-12-24(18,14-26)17-5-4-8-20(9-17)30-19-6-2-1-3-7-19/h1-9,16,18H,10-15H2,(H,25,28)/t16-,18?,23+,24?. The van der Waals surface area contributed by atoms with Crippen LogP contribution in [-0.4, -0.2) is 42.1 Å². The van der Waals surface area contributed by atoms with E-state index >= 15 is 0 Å². The van der Waals surface area contributed by atoms with Crippen molar-refractivity contribution in [3.05, 3.63) is 60.2 Å². The molecule has 30 heavy (non-hydrogen) atoms. The summed E-state index contributed by atoms with van der Waals surface area (Å²) in [4.78, 5) is 26.4. The summed E-state index contributed by atoms with van der Waals surface area (Å²) in [6.45, 7) is 1.99. The number of hydrogen-bond donors (Lipinski definition) is 1. The Morgan fingerprint density at radius 1 is 1.07 bits per heavy atom. The molecule has 0 bridgehead atoms. The number of benzene rings is 2. The van der Waals surface area contributed by atoms with Crippen molar-refractivity contribution in [1.29, 1.82) is 0 Å². The Morgan fingerprint density at radius 2 is 1.87 bits per heavy atom. The molecule has 2 aromatic carbocycles. The lowest BCUT2D eigenvalue weighted by Gasteiger charge is -2.43. The average Bonchev–Trinajstić information content (AvgIpc) is 3.08. The van der Waals surface area contributed by atoms with E-state index in [9.17, 15) is 9.59 Å². The van der Waals surface area contributed by atoms with Gasteiger partial charge in [0.05, 0.1) is 5.54 Å². The predicted molar refractivity (Wildman–Crippen MR) is 109 cm³/mol. The van der Waals surface area contributed by atoms with Gasteiger partial charge in [0.2, 0.25) is 5.91 Å². The van der Waals surface area contributed by atoms with Crippen LogP contribution in [0.4, 0.5) is 4.79 Å². The summed E-state index contributed by atoms with van der Waals surface area (Å²) in [6, 6.07) is 18.1. The monoisotopic (exact) mass is 404 g/mol. The Morgan fingerprint density at radius 3 is 2.63 bits per heavy atom. The van der Waals surface area contributed by atoms with Gasteiger partial charge in [0, 0.05) is 24.4 Å². The molecule has 2 aliphatic heterocycles. The van der Waals surface area contributed by atoms with E-state index in [4.69, 9.17) is 9.47 Å². The number of piperidine rings is 1. The fourth-order valence-electron chi connectivity index (χ4n) is 5.62. The van der Waals surface area contributed by atoms with Crippen molar-refractivity contribution >= 4 is 12.0 Å². The Labute approximate surface area is 175 Å². The zero-order chi connectivity index (χ0) is 20.3. The van der Waals surface area contributed by atoms with E-state index in [1.54, 1.807) is 0 Å². The third-order valence-corrected chi connectivity index (χ3v) is 7.32. The number of ether oxygens (including phenoxy) is 2. The summed E-state index contributed by atoms with van der Waals surface area (Å²) in [6.07, 6.45) is 2.14. The number of rotatable bonds is 4. The molecule has 2 amide bonds. The summed E-state index contributed by atoms with van der Waals surface area (Å²) in [5, 5.41) is 2.87. The first-order chi connectivity index (χ1) is 14.6. The van der Waals surface area contributed by atoms with Gasteiger partial charge in [-0.2, -0.15) is 0 Å². The molecule has 2 heterocycles. The van der Waals surface area contributed by atoms with Gasteiger partial charge in [0.15, 0.2) is 0 Å². The molecule has 6 nitrogen and oxygen atoms in total. The SMILES string of the molecule is O=C1N[C@]2(CO1)C[C@H](C(=O)N1CC3CC3(c3cccc(Oc4ccccc4)c3)C1)C2. The zero-order valence-corrected chi connectivity index (χ0v) is 16.7. The first-order valence-electron chi connectivity index (χ1n) is 10.6. The van der Waals surface area contributed by atoms with Gasteiger partial charge in [-0.1, -0.05) is 30.3 Å². The zero-order valence-electron chi connectivity index (χ0n) is 16.7. The van der Waals surface area contributed by atoms with E-state index in [1.807, 2.05) is 47.4 Å². The summed E-state index contributed by atoms with van der Waals surface area (Å²) in [5.74, 6) is 2.40. The molecule has 2 atom stereocenters. The molecule has 6 rings (SSSR count). The molecule has 2 aromatic rings. The second-order valence-electron chi connectivity index (χ2n) is 9.31. The van der Waals surface area contributed by atoms with Crippen molar-refractivity contribution < 1.29 is 19.1 Å². The third kappa shape index (κ3) is 2.77. The van der Waals surface area contributed by atoms with E-state index in [-0.39, 0.29) is 28.9 Å². The molecule has 2 aliphatic carbocycles. The summed E-state index contributed by atoms with van der Waals surface area (Å²) in [7, 11) is 0. The molecule has 154 valence electrons. The largest absolute Gasteiger partial charge is 0.457 e. The fourth-order valence-corrected chi connectivity index (χ4v) is 5.62. The number of hydrogen-bond acceptors (Lipinski definition) is 4. The summed E-state index contributed by atoms with van der Waals surface area (Å²) >= 11 is 0. The van der Waals surface area contributed by atoms with Crippen LogP contribution in [0, 0.1) is 11.8 Å². The average molecular weight is 404 g/mol. The quantitative estimate of drug-likeness (QED) is 0.847. The number of likely N-dealkylation sites (tertiary alicyclic amines) is 1. The van der Waals surface area contributed by atoms with Crippen molar-refractivity contribution in [2.24, 2.45) is 11.8 Å². The number of para-hydroxylation sites is 1. The predicted octanol–water partition coefficient (Wildman–Crippen LogP) is 3.47.